The summed E-state index contributed by atoms with van der Waals surface area (Å²) in [5.41, 5.74) is 0.645. The molecule has 1 aromatic carbocycles. The molecule has 25 heavy (non-hydrogen) atoms. The monoisotopic (exact) mass is 347 g/mol. The van der Waals surface area contributed by atoms with Crippen molar-refractivity contribution in [2.75, 3.05) is 37.6 Å². The average molecular weight is 347 g/mol. The van der Waals surface area contributed by atoms with Gasteiger partial charge in [0, 0.05) is 18.8 Å². The van der Waals surface area contributed by atoms with E-state index in [0.29, 0.717) is 25.2 Å². The molecule has 0 saturated carbocycles. The van der Waals surface area contributed by atoms with E-state index in [1.807, 2.05) is 0 Å². The summed E-state index contributed by atoms with van der Waals surface area (Å²) in [7, 11) is 0. The molecular formula is C19H26FN3O2. The molecule has 1 aromatic rings. The number of anilines is 1. The van der Waals surface area contributed by atoms with Gasteiger partial charge < -0.3 is 15.1 Å². The van der Waals surface area contributed by atoms with Gasteiger partial charge in [0.2, 0.25) is 11.8 Å². The molecule has 0 aliphatic carbocycles. The number of hydrogen-bond donors (Lipinski definition) is 1. The number of carbonyl (C=O) groups is 2. The minimum absolute atomic E-state index is 0.187. The summed E-state index contributed by atoms with van der Waals surface area (Å²) < 4.78 is 13.0. The highest BCUT2D eigenvalue weighted by Crippen LogP contribution is 2.25. The van der Waals surface area contributed by atoms with Gasteiger partial charge in [-0.15, -0.1) is 0 Å². The zero-order valence-electron chi connectivity index (χ0n) is 14.5. The van der Waals surface area contributed by atoms with E-state index >= 15 is 0 Å². The molecule has 136 valence electrons. The maximum atomic E-state index is 13.0. The summed E-state index contributed by atoms with van der Waals surface area (Å²) in [4.78, 5) is 28.8. The lowest BCUT2D eigenvalue weighted by molar-refractivity contribution is -0.132. The smallest absolute Gasteiger partial charge is 0.239 e. The van der Waals surface area contributed by atoms with Crippen molar-refractivity contribution in [3.8, 4) is 0 Å². The maximum Gasteiger partial charge on any atom is 0.239 e. The number of likely N-dealkylation sites (tertiary alicyclic amines) is 1. The number of nitrogens with one attached hydrogen (secondary N) is 1. The van der Waals surface area contributed by atoms with Gasteiger partial charge in [0.15, 0.2) is 0 Å². The summed E-state index contributed by atoms with van der Waals surface area (Å²) in [6.07, 6.45) is 5.27. The number of benzene rings is 1. The molecule has 0 spiro atoms. The molecule has 0 radical (unpaired) electrons. The molecule has 0 bridgehead atoms. The highest BCUT2D eigenvalue weighted by atomic mass is 19.1. The van der Waals surface area contributed by atoms with Gasteiger partial charge in [-0.25, -0.2) is 4.39 Å². The molecule has 1 N–H and O–H groups in total. The Bertz CT molecular complexity index is 599. The Morgan fingerprint density at radius 3 is 2.56 bits per heavy atom. The molecule has 6 heteroatoms. The third kappa shape index (κ3) is 4.57. The molecule has 2 aliphatic rings. The zero-order chi connectivity index (χ0) is 17.6. The molecule has 0 unspecified atom stereocenters. The second kappa shape index (κ2) is 8.43. The van der Waals surface area contributed by atoms with Gasteiger partial charge in [0.05, 0.1) is 0 Å². The van der Waals surface area contributed by atoms with Crippen LogP contribution in [0.15, 0.2) is 24.3 Å². The predicted molar refractivity (Wildman–Crippen MR) is 94.8 cm³/mol. The molecule has 0 aromatic heterocycles. The molecule has 3 rings (SSSR count). The molecule has 2 saturated heterocycles. The fourth-order valence-electron chi connectivity index (χ4n) is 3.62. The molecule has 2 amide bonds. The van der Waals surface area contributed by atoms with Crippen LogP contribution in [0.25, 0.3) is 0 Å². The van der Waals surface area contributed by atoms with Gasteiger partial charge in [0.25, 0.3) is 0 Å². The Morgan fingerprint density at radius 1 is 1.12 bits per heavy atom. The summed E-state index contributed by atoms with van der Waals surface area (Å²) >= 11 is 0. The van der Waals surface area contributed by atoms with Gasteiger partial charge in [-0.3, -0.25) is 9.59 Å². The van der Waals surface area contributed by atoms with E-state index in [2.05, 4.69) is 10.2 Å². The van der Waals surface area contributed by atoms with Gasteiger partial charge in [-0.05, 0) is 69.6 Å². The van der Waals surface area contributed by atoms with Crippen molar-refractivity contribution in [3.05, 3.63) is 30.1 Å². The second-order valence-electron chi connectivity index (χ2n) is 6.85. The number of carbonyl (C=O) groups excluding carboxylic acids is 2. The lowest BCUT2D eigenvalue weighted by Crippen LogP contribution is -2.38. The third-order valence-electron chi connectivity index (χ3n) is 5.06. The minimum Gasteiger partial charge on any atom is -0.355 e. The Kier molecular flexibility index (Phi) is 6.02. The Balaban J connectivity index is 1.43. The van der Waals surface area contributed by atoms with Crippen molar-refractivity contribution in [3.63, 3.8) is 0 Å². The quantitative estimate of drug-likeness (QED) is 0.634. The van der Waals surface area contributed by atoms with E-state index in [0.717, 1.165) is 26.1 Å². The van der Waals surface area contributed by atoms with Crippen molar-refractivity contribution < 1.29 is 14.0 Å². The second-order valence-corrected chi connectivity index (χ2v) is 6.85. The van der Waals surface area contributed by atoms with Crippen LogP contribution in [0, 0.1) is 11.7 Å². The number of hydrogen-bond acceptors (Lipinski definition) is 3. The van der Waals surface area contributed by atoms with E-state index in [9.17, 15) is 14.0 Å². The number of halogens is 1. The van der Waals surface area contributed by atoms with Gasteiger partial charge in [0.1, 0.15) is 11.7 Å². The SMILES string of the molecule is O=C(NCCCN1CCCCC1)[C@@H]1CCN(c2ccc(F)cc2)C1=O. The van der Waals surface area contributed by atoms with Gasteiger partial charge >= 0.3 is 0 Å². The molecule has 5 nitrogen and oxygen atoms in total. The molecule has 1 atom stereocenters. The average Bonchev–Trinajstić information content (AvgIpc) is 3.02. The van der Waals surface area contributed by atoms with Crippen LogP contribution in [-0.4, -0.2) is 49.4 Å². The summed E-state index contributed by atoms with van der Waals surface area (Å²) in [5, 5.41) is 2.90. The Morgan fingerprint density at radius 2 is 1.84 bits per heavy atom. The van der Waals surface area contributed by atoms with E-state index in [1.165, 1.54) is 31.4 Å². The summed E-state index contributed by atoms with van der Waals surface area (Å²) in [6.45, 7) is 4.41. The van der Waals surface area contributed by atoms with E-state index in [1.54, 1.807) is 17.0 Å². The fraction of sp³-hybridized carbons (Fsp3) is 0.579. The number of amides is 2. The van der Waals surface area contributed by atoms with Crippen LogP contribution in [-0.2, 0) is 9.59 Å². The molecule has 2 aliphatic heterocycles. The van der Waals surface area contributed by atoms with Crippen LogP contribution in [0.5, 0.6) is 0 Å². The Hall–Kier alpha value is -1.95. The highest BCUT2D eigenvalue weighted by molar-refractivity contribution is 6.09. The van der Waals surface area contributed by atoms with E-state index in [-0.39, 0.29) is 17.6 Å². The first kappa shape index (κ1) is 17.9. The standard InChI is InChI=1S/C19H26FN3O2/c20-15-5-7-16(8-6-15)23-14-9-17(19(23)25)18(24)21-10-4-13-22-11-2-1-3-12-22/h5-8,17H,1-4,9-14H2,(H,21,24)/t17-/m0/s1. The van der Waals surface area contributed by atoms with Gasteiger partial charge in [-0.2, -0.15) is 0 Å². The van der Waals surface area contributed by atoms with E-state index < -0.39 is 5.92 Å². The maximum absolute atomic E-state index is 13.0. The normalized spacial score (nSPS) is 21.6. The van der Waals surface area contributed by atoms with Crippen LogP contribution < -0.4 is 10.2 Å². The lowest BCUT2D eigenvalue weighted by Gasteiger charge is -2.26. The van der Waals surface area contributed by atoms with Crippen molar-refractivity contribution >= 4 is 17.5 Å². The van der Waals surface area contributed by atoms with Gasteiger partial charge in [-0.1, -0.05) is 6.42 Å². The predicted octanol–water partition coefficient (Wildman–Crippen LogP) is 2.17. The first-order chi connectivity index (χ1) is 12.1. The van der Waals surface area contributed by atoms with Crippen LogP contribution >= 0.6 is 0 Å². The topological polar surface area (TPSA) is 52.7 Å². The van der Waals surface area contributed by atoms with E-state index in [4.69, 9.17) is 0 Å². The number of piperidine rings is 1. The Labute approximate surface area is 148 Å². The van der Waals surface area contributed by atoms with Crippen molar-refractivity contribution in [2.24, 2.45) is 5.92 Å². The molecule has 2 fully saturated rings. The van der Waals surface area contributed by atoms with Crippen molar-refractivity contribution in [1.29, 1.82) is 0 Å². The zero-order valence-corrected chi connectivity index (χ0v) is 14.5. The summed E-state index contributed by atoms with van der Waals surface area (Å²) in [6, 6.07) is 5.81. The van der Waals surface area contributed by atoms with Crippen LogP contribution in [0.2, 0.25) is 0 Å². The first-order valence-corrected chi connectivity index (χ1v) is 9.22. The molecular weight excluding hydrogens is 321 g/mol. The fourth-order valence-corrected chi connectivity index (χ4v) is 3.62. The highest BCUT2D eigenvalue weighted by Gasteiger charge is 2.37. The van der Waals surface area contributed by atoms with Crippen molar-refractivity contribution in [2.45, 2.75) is 32.1 Å². The van der Waals surface area contributed by atoms with Crippen molar-refractivity contribution in [1.82, 2.24) is 10.2 Å². The first-order valence-electron chi connectivity index (χ1n) is 9.22. The lowest BCUT2D eigenvalue weighted by atomic mass is 10.1. The largest absolute Gasteiger partial charge is 0.355 e. The number of nitrogens with zero attached hydrogens (tertiary/aromatic N) is 2. The third-order valence-corrected chi connectivity index (χ3v) is 5.06. The number of rotatable bonds is 6. The van der Waals surface area contributed by atoms with Crippen LogP contribution in [0.1, 0.15) is 32.1 Å². The summed E-state index contributed by atoms with van der Waals surface area (Å²) in [5.74, 6) is -1.34. The molecule has 2 heterocycles. The minimum atomic E-state index is -0.625. The van der Waals surface area contributed by atoms with Crippen LogP contribution in [0.4, 0.5) is 10.1 Å². The van der Waals surface area contributed by atoms with Crippen LogP contribution in [0.3, 0.4) is 0 Å².